The highest BCUT2D eigenvalue weighted by Crippen LogP contribution is 2.37. The van der Waals surface area contributed by atoms with Crippen molar-refractivity contribution in [3.05, 3.63) is 24.3 Å². The van der Waals surface area contributed by atoms with Crippen LogP contribution in [0.5, 0.6) is 0 Å². The summed E-state index contributed by atoms with van der Waals surface area (Å²) in [5.41, 5.74) is -0.554. The molecule has 1 saturated heterocycles. The monoisotopic (exact) mass is 249 g/mol. The van der Waals surface area contributed by atoms with Gasteiger partial charge in [-0.3, -0.25) is 0 Å². The van der Waals surface area contributed by atoms with Gasteiger partial charge in [-0.2, -0.15) is 0 Å². The van der Waals surface area contributed by atoms with E-state index in [1.54, 1.807) is 0 Å². The summed E-state index contributed by atoms with van der Waals surface area (Å²) in [4.78, 5) is 0. The smallest absolute Gasteiger partial charge is 0.0458 e. The molecule has 1 aliphatic carbocycles. The van der Waals surface area contributed by atoms with E-state index in [4.69, 9.17) is 0 Å². The van der Waals surface area contributed by atoms with Crippen molar-refractivity contribution in [2.24, 2.45) is 5.92 Å². The second-order valence-electron chi connectivity index (χ2n) is 6.87. The maximum absolute atomic E-state index is 12.2. The van der Waals surface area contributed by atoms with Crippen LogP contribution in [0.3, 0.4) is 0 Å². The molecule has 0 amide bonds. The second kappa shape index (κ2) is 4.80. The standard InChI is InChI=1S/C15H25N2O/c1-14(2)9-13(10-15(3,4)17(14)18)16-11-12-7-5-6-8-12/h5-8,12-13,16H,9-11H2,1-4H3. The van der Waals surface area contributed by atoms with Gasteiger partial charge in [-0.25, -0.2) is 0 Å². The summed E-state index contributed by atoms with van der Waals surface area (Å²) in [7, 11) is 0. The van der Waals surface area contributed by atoms with Gasteiger partial charge in [0.25, 0.3) is 0 Å². The Balaban J connectivity index is 1.93. The summed E-state index contributed by atoms with van der Waals surface area (Å²) in [5, 5.41) is 17.2. The van der Waals surface area contributed by atoms with Crippen LogP contribution in [0, 0.1) is 5.92 Å². The van der Waals surface area contributed by atoms with Gasteiger partial charge >= 0.3 is 0 Å². The molecule has 101 valence electrons. The number of hydrogen-bond donors (Lipinski definition) is 1. The third-order valence-corrected chi connectivity index (χ3v) is 4.06. The predicted molar refractivity (Wildman–Crippen MR) is 73.5 cm³/mol. The van der Waals surface area contributed by atoms with Crippen LogP contribution in [-0.4, -0.2) is 28.7 Å². The SMILES string of the molecule is CC1(C)CC(NCC2C=CC=C2)CC(C)(C)N1[O]. The number of hydroxylamine groups is 2. The molecule has 0 aromatic heterocycles. The molecule has 3 heteroatoms. The largest absolute Gasteiger partial charge is 0.313 e. The molecule has 0 aromatic carbocycles. The molecule has 18 heavy (non-hydrogen) atoms. The van der Waals surface area contributed by atoms with Gasteiger partial charge in [0.2, 0.25) is 0 Å². The van der Waals surface area contributed by atoms with E-state index < -0.39 is 0 Å². The molecule has 2 aliphatic rings. The van der Waals surface area contributed by atoms with Crippen LogP contribution in [0.25, 0.3) is 0 Å². The van der Waals surface area contributed by atoms with Gasteiger partial charge in [0.05, 0.1) is 0 Å². The minimum atomic E-state index is -0.277. The molecule has 2 rings (SSSR count). The van der Waals surface area contributed by atoms with Crippen molar-refractivity contribution in [2.45, 2.75) is 57.7 Å². The lowest BCUT2D eigenvalue weighted by Gasteiger charge is -2.50. The van der Waals surface area contributed by atoms with E-state index in [-0.39, 0.29) is 11.1 Å². The number of rotatable bonds is 3. The van der Waals surface area contributed by atoms with Gasteiger partial charge in [-0.1, -0.05) is 24.3 Å². The van der Waals surface area contributed by atoms with Crippen LogP contribution in [0.1, 0.15) is 40.5 Å². The van der Waals surface area contributed by atoms with Crippen molar-refractivity contribution < 1.29 is 5.21 Å². The molecule has 0 atom stereocenters. The van der Waals surface area contributed by atoms with Gasteiger partial charge in [0.15, 0.2) is 0 Å². The van der Waals surface area contributed by atoms with Crippen LogP contribution < -0.4 is 5.32 Å². The van der Waals surface area contributed by atoms with Crippen LogP contribution in [0.15, 0.2) is 24.3 Å². The first kappa shape index (κ1) is 13.8. The highest BCUT2D eigenvalue weighted by molar-refractivity contribution is 5.18. The maximum Gasteiger partial charge on any atom is 0.0458 e. The quantitative estimate of drug-likeness (QED) is 0.834. The highest BCUT2D eigenvalue weighted by atomic mass is 16.5. The Kier molecular flexibility index (Phi) is 3.67. The van der Waals surface area contributed by atoms with Crippen molar-refractivity contribution in [2.75, 3.05) is 6.54 Å². The molecule has 1 aliphatic heterocycles. The van der Waals surface area contributed by atoms with E-state index in [0.29, 0.717) is 12.0 Å². The molecule has 3 nitrogen and oxygen atoms in total. The maximum atomic E-state index is 12.2. The van der Waals surface area contributed by atoms with E-state index >= 15 is 0 Å². The van der Waals surface area contributed by atoms with E-state index in [0.717, 1.165) is 19.4 Å². The number of allylic oxidation sites excluding steroid dienone is 2. The van der Waals surface area contributed by atoms with E-state index in [9.17, 15) is 5.21 Å². The lowest BCUT2D eigenvalue weighted by atomic mass is 9.79. The summed E-state index contributed by atoms with van der Waals surface area (Å²) in [6.07, 6.45) is 10.5. The van der Waals surface area contributed by atoms with Crippen LogP contribution in [0.4, 0.5) is 0 Å². The molecular weight excluding hydrogens is 224 g/mol. The molecule has 1 fully saturated rings. The molecule has 0 spiro atoms. The van der Waals surface area contributed by atoms with Crippen LogP contribution >= 0.6 is 0 Å². The topological polar surface area (TPSA) is 35.2 Å². The number of nitrogens with one attached hydrogen (secondary N) is 1. The van der Waals surface area contributed by atoms with E-state index in [2.05, 4.69) is 29.6 Å². The molecule has 0 aromatic rings. The fourth-order valence-electron chi connectivity index (χ4n) is 3.32. The molecule has 0 bridgehead atoms. The number of nitrogens with zero attached hydrogens (tertiary/aromatic N) is 1. The first-order valence-corrected chi connectivity index (χ1v) is 6.87. The van der Waals surface area contributed by atoms with Crippen molar-refractivity contribution in [1.82, 2.24) is 10.4 Å². The fourth-order valence-corrected chi connectivity index (χ4v) is 3.32. The molecule has 1 radical (unpaired) electrons. The molecule has 0 unspecified atom stereocenters. The zero-order valence-electron chi connectivity index (χ0n) is 11.9. The first-order valence-electron chi connectivity index (χ1n) is 6.87. The molecule has 1 N–H and O–H groups in total. The minimum Gasteiger partial charge on any atom is -0.313 e. The lowest BCUT2D eigenvalue weighted by molar-refractivity contribution is -0.290. The van der Waals surface area contributed by atoms with Gasteiger partial charge in [0.1, 0.15) is 0 Å². The summed E-state index contributed by atoms with van der Waals surface area (Å²) in [6, 6.07) is 0.433. The number of piperidine rings is 1. The van der Waals surface area contributed by atoms with Crippen LogP contribution in [0.2, 0.25) is 0 Å². The van der Waals surface area contributed by atoms with E-state index in [1.807, 2.05) is 27.7 Å². The van der Waals surface area contributed by atoms with Gasteiger partial charge in [0, 0.05) is 29.6 Å². The lowest BCUT2D eigenvalue weighted by Crippen LogP contribution is -2.62. The summed E-state index contributed by atoms with van der Waals surface area (Å²) in [5.74, 6) is 0.515. The second-order valence-corrected chi connectivity index (χ2v) is 6.87. The molecule has 1 heterocycles. The van der Waals surface area contributed by atoms with Gasteiger partial charge in [-0.15, -0.1) is 10.3 Å². The Morgan fingerprint density at radius 3 is 2.11 bits per heavy atom. The van der Waals surface area contributed by atoms with Gasteiger partial charge < -0.3 is 5.32 Å². The normalized spacial score (nSPS) is 28.1. The van der Waals surface area contributed by atoms with Crippen molar-refractivity contribution in [3.8, 4) is 0 Å². The Morgan fingerprint density at radius 2 is 1.61 bits per heavy atom. The fraction of sp³-hybridized carbons (Fsp3) is 0.733. The Hall–Kier alpha value is -0.640. The third-order valence-electron chi connectivity index (χ3n) is 4.06. The Bertz CT molecular complexity index is 328. The molecular formula is C15H25N2O. The van der Waals surface area contributed by atoms with Gasteiger partial charge in [-0.05, 0) is 40.5 Å². The number of hydrogen-bond acceptors (Lipinski definition) is 2. The Labute approximate surface area is 111 Å². The molecule has 0 saturated carbocycles. The summed E-state index contributed by atoms with van der Waals surface area (Å²) >= 11 is 0. The predicted octanol–water partition coefficient (Wildman–Crippen LogP) is 2.69. The highest BCUT2D eigenvalue weighted by Gasteiger charge is 2.45. The van der Waals surface area contributed by atoms with Crippen molar-refractivity contribution in [3.63, 3.8) is 0 Å². The summed E-state index contributed by atoms with van der Waals surface area (Å²) < 4.78 is 0. The average molecular weight is 249 g/mol. The van der Waals surface area contributed by atoms with Crippen LogP contribution in [-0.2, 0) is 5.21 Å². The zero-order valence-corrected chi connectivity index (χ0v) is 11.9. The van der Waals surface area contributed by atoms with Crippen molar-refractivity contribution in [1.29, 1.82) is 0 Å². The third kappa shape index (κ3) is 2.85. The van der Waals surface area contributed by atoms with E-state index in [1.165, 1.54) is 5.06 Å². The minimum absolute atomic E-state index is 0.277. The Morgan fingerprint density at radius 1 is 1.11 bits per heavy atom. The summed E-state index contributed by atoms with van der Waals surface area (Å²) in [6.45, 7) is 9.16. The van der Waals surface area contributed by atoms with Crippen molar-refractivity contribution >= 4 is 0 Å². The zero-order chi connectivity index (χ0) is 13.4. The average Bonchev–Trinajstić information content (AvgIpc) is 2.75. The first-order chi connectivity index (χ1) is 8.31.